The number of terminal acetylenes is 1. The summed E-state index contributed by atoms with van der Waals surface area (Å²) >= 11 is 0. The van der Waals surface area contributed by atoms with Crippen molar-refractivity contribution in [3.8, 4) is 12.3 Å². The van der Waals surface area contributed by atoms with Gasteiger partial charge >= 0.3 is 0 Å². The van der Waals surface area contributed by atoms with Gasteiger partial charge < -0.3 is 5.11 Å². The minimum absolute atomic E-state index is 0.0856. The van der Waals surface area contributed by atoms with Crippen molar-refractivity contribution in [1.29, 1.82) is 0 Å². The van der Waals surface area contributed by atoms with E-state index < -0.39 is 5.85 Å². The predicted octanol–water partition coefficient (Wildman–Crippen LogP) is 1.43. The average Bonchev–Trinajstić information content (AvgIpc) is 2.06. The lowest BCUT2D eigenvalue weighted by molar-refractivity contribution is -0.0365. The molecule has 1 aromatic carbocycles. The van der Waals surface area contributed by atoms with Crippen LogP contribution in [0.3, 0.4) is 0 Å². The molecule has 0 aromatic heterocycles. The second-order valence-electron chi connectivity index (χ2n) is 2.13. The van der Waals surface area contributed by atoms with Gasteiger partial charge in [-0.3, -0.25) is 0 Å². The fraction of sp³-hybridized carbons (Fsp3) is 0.111. The summed E-state index contributed by atoms with van der Waals surface area (Å²) in [5, 5.41) is 8.89. The summed E-state index contributed by atoms with van der Waals surface area (Å²) in [4.78, 5) is 0. The van der Waals surface area contributed by atoms with Crippen LogP contribution in [0.2, 0.25) is 0 Å². The van der Waals surface area contributed by atoms with Crippen molar-refractivity contribution >= 4 is 0 Å². The van der Waals surface area contributed by atoms with Gasteiger partial charge in [0.15, 0.2) is 0 Å². The minimum Gasteiger partial charge on any atom is -0.348 e. The predicted molar refractivity (Wildman–Crippen MR) is 40.3 cm³/mol. The Kier molecular flexibility index (Phi) is 1.93. The average molecular weight is 150 g/mol. The second kappa shape index (κ2) is 2.73. The van der Waals surface area contributed by atoms with Gasteiger partial charge in [0, 0.05) is 5.56 Å². The Labute approximate surface area is 64.5 Å². The number of aliphatic hydroxyl groups is 1. The molecule has 0 radical (unpaired) electrons. The van der Waals surface area contributed by atoms with Crippen LogP contribution in [-0.4, -0.2) is 5.11 Å². The molecule has 0 amide bonds. The van der Waals surface area contributed by atoms with Crippen molar-refractivity contribution in [1.82, 2.24) is 0 Å². The first-order chi connectivity index (χ1) is 5.17. The molecule has 0 fully saturated rings. The van der Waals surface area contributed by atoms with E-state index in [0.29, 0.717) is 0 Å². The quantitative estimate of drug-likeness (QED) is 0.600. The Balaban J connectivity index is 3.05. The van der Waals surface area contributed by atoms with Crippen LogP contribution in [0.1, 0.15) is 5.56 Å². The zero-order chi connectivity index (χ0) is 8.32. The largest absolute Gasteiger partial charge is 0.348 e. The molecule has 1 nitrogen and oxygen atoms in total. The van der Waals surface area contributed by atoms with E-state index in [0.717, 1.165) is 0 Å². The van der Waals surface area contributed by atoms with Crippen LogP contribution in [0.25, 0.3) is 0 Å². The van der Waals surface area contributed by atoms with Crippen LogP contribution in [0, 0.1) is 12.3 Å². The SMILES string of the molecule is C#CC(O)(F)c1ccccc1. The molecule has 2 heteroatoms. The molecular weight excluding hydrogens is 143 g/mol. The number of alkyl halides is 1. The number of hydrogen-bond acceptors (Lipinski definition) is 1. The zero-order valence-electron chi connectivity index (χ0n) is 5.79. The molecule has 0 aliphatic carbocycles. The van der Waals surface area contributed by atoms with Crippen LogP contribution in [0.5, 0.6) is 0 Å². The molecule has 0 saturated heterocycles. The van der Waals surface area contributed by atoms with Gasteiger partial charge in [0.05, 0.1) is 0 Å². The molecule has 0 aliphatic rings. The summed E-state index contributed by atoms with van der Waals surface area (Å²) in [6.45, 7) is 0. The lowest BCUT2D eigenvalue weighted by atomic mass is 10.1. The molecule has 0 heterocycles. The number of rotatable bonds is 1. The molecule has 0 aliphatic heterocycles. The van der Waals surface area contributed by atoms with E-state index in [1.807, 2.05) is 0 Å². The zero-order valence-corrected chi connectivity index (χ0v) is 5.79. The maximum Gasteiger partial charge on any atom is 0.296 e. The standard InChI is InChI=1S/C9H7FO/c1-2-9(10,11)8-6-4-3-5-7-8/h1,3-7,11H. The molecule has 1 unspecified atom stereocenters. The Hall–Kier alpha value is -1.33. The fourth-order valence-corrected chi connectivity index (χ4v) is 0.742. The lowest BCUT2D eigenvalue weighted by Gasteiger charge is -2.10. The Morgan fingerprint density at radius 2 is 1.91 bits per heavy atom. The molecule has 1 N–H and O–H groups in total. The summed E-state index contributed by atoms with van der Waals surface area (Å²) in [6.07, 6.45) is 4.76. The van der Waals surface area contributed by atoms with Gasteiger partial charge in [-0.25, -0.2) is 0 Å². The van der Waals surface area contributed by atoms with Crippen molar-refractivity contribution in [3.63, 3.8) is 0 Å². The molecular formula is C9H7FO. The molecule has 1 rings (SSSR count). The first-order valence-corrected chi connectivity index (χ1v) is 3.11. The number of hydrogen-bond donors (Lipinski definition) is 1. The number of benzene rings is 1. The second-order valence-corrected chi connectivity index (χ2v) is 2.13. The van der Waals surface area contributed by atoms with Gasteiger partial charge in [-0.1, -0.05) is 30.3 Å². The van der Waals surface area contributed by atoms with Gasteiger partial charge in [0.1, 0.15) is 0 Å². The van der Waals surface area contributed by atoms with Crippen molar-refractivity contribution in [3.05, 3.63) is 35.9 Å². The highest BCUT2D eigenvalue weighted by atomic mass is 19.2. The number of halogens is 1. The summed E-state index contributed by atoms with van der Waals surface area (Å²) in [6, 6.07) is 7.80. The van der Waals surface area contributed by atoms with Crippen LogP contribution < -0.4 is 0 Å². The fourth-order valence-electron chi connectivity index (χ4n) is 0.742. The minimum atomic E-state index is -2.64. The van der Waals surface area contributed by atoms with Crippen LogP contribution in [0.4, 0.5) is 4.39 Å². The van der Waals surface area contributed by atoms with Crippen LogP contribution in [0.15, 0.2) is 30.3 Å². The molecule has 0 spiro atoms. The van der Waals surface area contributed by atoms with Crippen molar-refractivity contribution in [2.24, 2.45) is 0 Å². The third-order valence-electron chi connectivity index (χ3n) is 1.35. The van der Waals surface area contributed by atoms with E-state index in [-0.39, 0.29) is 5.56 Å². The summed E-state index contributed by atoms with van der Waals surface area (Å²) in [7, 11) is 0. The highest BCUT2D eigenvalue weighted by Crippen LogP contribution is 2.20. The monoisotopic (exact) mass is 150 g/mol. The smallest absolute Gasteiger partial charge is 0.296 e. The Bertz CT molecular complexity index is 271. The molecule has 1 atom stereocenters. The third kappa shape index (κ3) is 1.57. The van der Waals surface area contributed by atoms with E-state index in [1.165, 1.54) is 12.1 Å². The highest BCUT2D eigenvalue weighted by Gasteiger charge is 2.24. The van der Waals surface area contributed by atoms with Crippen molar-refractivity contribution < 1.29 is 9.50 Å². The van der Waals surface area contributed by atoms with Gasteiger partial charge in [-0.15, -0.1) is 6.42 Å². The lowest BCUT2D eigenvalue weighted by Crippen LogP contribution is -2.15. The molecule has 11 heavy (non-hydrogen) atoms. The summed E-state index contributed by atoms with van der Waals surface area (Å²) in [5.74, 6) is -0.991. The first-order valence-electron chi connectivity index (χ1n) is 3.11. The Morgan fingerprint density at radius 1 is 1.36 bits per heavy atom. The van der Waals surface area contributed by atoms with Gasteiger partial charge in [0.25, 0.3) is 5.85 Å². The first kappa shape index (κ1) is 7.77. The Morgan fingerprint density at radius 3 is 2.36 bits per heavy atom. The molecule has 0 saturated carbocycles. The van der Waals surface area contributed by atoms with Gasteiger partial charge in [-0.2, -0.15) is 4.39 Å². The van der Waals surface area contributed by atoms with E-state index in [2.05, 4.69) is 0 Å². The van der Waals surface area contributed by atoms with Crippen molar-refractivity contribution in [2.75, 3.05) is 0 Å². The molecule has 1 aromatic rings. The molecule has 0 bridgehead atoms. The topological polar surface area (TPSA) is 20.2 Å². The normalized spacial score (nSPS) is 15.0. The van der Waals surface area contributed by atoms with Gasteiger partial charge in [-0.05, 0) is 5.92 Å². The maximum absolute atomic E-state index is 12.9. The molecule has 56 valence electrons. The van der Waals surface area contributed by atoms with Crippen LogP contribution in [-0.2, 0) is 5.85 Å². The third-order valence-corrected chi connectivity index (χ3v) is 1.35. The van der Waals surface area contributed by atoms with E-state index >= 15 is 0 Å². The summed E-state index contributed by atoms with van der Waals surface area (Å²) in [5.41, 5.74) is 0.0856. The van der Waals surface area contributed by atoms with E-state index in [4.69, 9.17) is 11.5 Å². The van der Waals surface area contributed by atoms with E-state index in [1.54, 1.807) is 24.1 Å². The van der Waals surface area contributed by atoms with Crippen LogP contribution >= 0.6 is 0 Å². The summed E-state index contributed by atoms with van der Waals surface area (Å²) < 4.78 is 12.9. The highest BCUT2D eigenvalue weighted by molar-refractivity contribution is 5.26. The van der Waals surface area contributed by atoms with Crippen molar-refractivity contribution in [2.45, 2.75) is 5.85 Å². The van der Waals surface area contributed by atoms with E-state index in [9.17, 15) is 4.39 Å². The van der Waals surface area contributed by atoms with Gasteiger partial charge in [0.2, 0.25) is 0 Å². The maximum atomic E-state index is 12.9.